The summed E-state index contributed by atoms with van der Waals surface area (Å²) in [6, 6.07) is 17.6. The third kappa shape index (κ3) is 4.71. The van der Waals surface area contributed by atoms with Crippen molar-refractivity contribution in [3.63, 3.8) is 0 Å². The first kappa shape index (κ1) is 18.6. The van der Waals surface area contributed by atoms with Gasteiger partial charge in [-0.25, -0.2) is 4.39 Å². The zero-order chi connectivity index (χ0) is 18.5. The quantitative estimate of drug-likeness (QED) is 0.403. The van der Waals surface area contributed by atoms with E-state index >= 15 is 0 Å². The van der Waals surface area contributed by atoms with Crippen LogP contribution in [0.15, 0.2) is 70.1 Å². The highest BCUT2D eigenvalue weighted by Gasteiger charge is 2.05. The van der Waals surface area contributed by atoms with Gasteiger partial charge in [0.2, 0.25) is 0 Å². The average molecular weight is 433 g/mol. The molecule has 0 aromatic heterocycles. The van der Waals surface area contributed by atoms with Crippen molar-refractivity contribution in [3.05, 3.63) is 92.7 Å². The van der Waals surface area contributed by atoms with Crippen LogP contribution in [0.1, 0.15) is 16.7 Å². The van der Waals surface area contributed by atoms with Crippen LogP contribution in [0.2, 0.25) is 5.02 Å². The van der Waals surface area contributed by atoms with Gasteiger partial charge >= 0.3 is 0 Å². The molecule has 0 fully saturated rings. The van der Waals surface area contributed by atoms with E-state index in [1.165, 1.54) is 12.1 Å². The Bertz CT molecular complexity index is 941. The number of hydrogen-bond donors (Lipinski definition) is 0. The lowest BCUT2D eigenvalue weighted by molar-refractivity contribution is 0.305. The summed E-state index contributed by atoms with van der Waals surface area (Å²) >= 11 is 9.62. The second-order valence-corrected chi connectivity index (χ2v) is 7.06. The Hall–Kier alpha value is -2.17. The van der Waals surface area contributed by atoms with Crippen LogP contribution >= 0.6 is 27.5 Å². The Labute approximate surface area is 165 Å². The fourth-order valence-corrected chi connectivity index (χ4v) is 2.92. The summed E-state index contributed by atoms with van der Waals surface area (Å²) in [6.07, 6.45) is 1.75. The predicted octanol–water partition coefficient (Wildman–Crippen LogP) is 6.88. The smallest absolute Gasteiger partial charge is 0.128 e. The standard InChI is InChI=1S/C21H16BrClFNO/c1-14-19(23)3-2-4-20(14)25-12-16-11-17(22)7-10-21(16)26-13-15-5-8-18(24)9-6-15/h2-12H,13H2,1H3. The van der Waals surface area contributed by atoms with Crippen LogP contribution in [0.25, 0.3) is 0 Å². The summed E-state index contributed by atoms with van der Waals surface area (Å²) in [6.45, 7) is 2.28. The number of hydrogen-bond acceptors (Lipinski definition) is 2. The van der Waals surface area contributed by atoms with Gasteiger partial charge in [0.15, 0.2) is 0 Å². The summed E-state index contributed by atoms with van der Waals surface area (Å²) in [5, 5.41) is 0.682. The van der Waals surface area contributed by atoms with E-state index in [-0.39, 0.29) is 5.82 Å². The fourth-order valence-electron chi connectivity index (χ4n) is 2.37. The van der Waals surface area contributed by atoms with Gasteiger partial charge in [-0.2, -0.15) is 0 Å². The summed E-state index contributed by atoms with van der Waals surface area (Å²) in [5.41, 5.74) is 3.46. The summed E-state index contributed by atoms with van der Waals surface area (Å²) < 4.78 is 19.8. The molecule has 0 amide bonds. The molecule has 0 saturated carbocycles. The molecule has 132 valence electrons. The summed E-state index contributed by atoms with van der Waals surface area (Å²) in [4.78, 5) is 4.55. The van der Waals surface area contributed by atoms with Gasteiger partial charge < -0.3 is 4.74 Å². The molecule has 0 aliphatic carbocycles. The van der Waals surface area contributed by atoms with Gasteiger partial charge in [0.1, 0.15) is 18.2 Å². The van der Waals surface area contributed by atoms with E-state index in [1.807, 2.05) is 43.3 Å². The molecule has 0 spiro atoms. The van der Waals surface area contributed by atoms with Crippen molar-refractivity contribution in [2.75, 3.05) is 0 Å². The highest BCUT2D eigenvalue weighted by Crippen LogP contribution is 2.27. The van der Waals surface area contributed by atoms with Crippen molar-refractivity contribution in [3.8, 4) is 5.75 Å². The first-order valence-corrected chi connectivity index (χ1v) is 9.16. The van der Waals surface area contributed by atoms with Gasteiger partial charge in [-0.3, -0.25) is 4.99 Å². The van der Waals surface area contributed by atoms with E-state index in [2.05, 4.69) is 20.9 Å². The van der Waals surface area contributed by atoms with Crippen molar-refractivity contribution >= 4 is 39.4 Å². The van der Waals surface area contributed by atoms with Crippen molar-refractivity contribution in [1.29, 1.82) is 0 Å². The Morgan fingerprint density at radius 2 is 1.88 bits per heavy atom. The Kier molecular flexibility index (Phi) is 6.07. The van der Waals surface area contributed by atoms with E-state index in [0.717, 1.165) is 26.9 Å². The van der Waals surface area contributed by atoms with E-state index < -0.39 is 0 Å². The SMILES string of the molecule is Cc1c(Cl)cccc1N=Cc1cc(Br)ccc1OCc1ccc(F)cc1. The highest BCUT2D eigenvalue weighted by atomic mass is 79.9. The maximum atomic E-state index is 13.0. The molecule has 3 rings (SSSR count). The molecular weight excluding hydrogens is 417 g/mol. The lowest BCUT2D eigenvalue weighted by atomic mass is 10.2. The Morgan fingerprint density at radius 1 is 1.12 bits per heavy atom. The van der Waals surface area contributed by atoms with Gasteiger partial charge in [0.05, 0.1) is 5.69 Å². The van der Waals surface area contributed by atoms with Crippen molar-refractivity contribution in [2.45, 2.75) is 13.5 Å². The number of nitrogens with zero attached hydrogens (tertiary/aromatic N) is 1. The molecule has 0 radical (unpaired) electrons. The first-order chi connectivity index (χ1) is 12.5. The number of ether oxygens (including phenoxy) is 1. The monoisotopic (exact) mass is 431 g/mol. The molecule has 3 aromatic rings. The highest BCUT2D eigenvalue weighted by molar-refractivity contribution is 9.10. The van der Waals surface area contributed by atoms with E-state index in [4.69, 9.17) is 16.3 Å². The fraction of sp³-hybridized carbons (Fsp3) is 0.0952. The minimum atomic E-state index is -0.262. The van der Waals surface area contributed by atoms with E-state index in [0.29, 0.717) is 17.4 Å². The van der Waals surface area contributed by atoms with E-state index in [9.17, 15) is 4.39 Å². The summed E-state index contributed by atoms with van der Waals surface area (Å²) in [7, 11) is 0. The third-order valence-electron chi connectivity index (χ3n) is 3.86. The molecule has 0 atom stereocenters. The maximum Gasteiger partial charge on any atom is 0.128 e. The second kappa shape index (κ2) is 8.47. The van der Waals surface area contributed by atoms with Crippen LogP contribution < -0.4 is 4.74 Å². The number of rotatable bonds is 5. The van der Waals surface area contributed by atoms with Crippen molar-refractivity contribution in [2.24, 2.45) is 4.99 Å². The molecule has 0 aliphatic rings. The molecule has 26 heavy (non-hydrogen) atoms. The molecule has 0 saturated heterocycles. The van der Waals surface area contributed by atoms with Crippen LogP contribution in [0.3, 0.4) is 0 Å². The summed E-state index contributed by atoms with van der Waals surface area (Å²) in [5.74, 6) is 0.433. The molecule has 0 aliphatic heterocycles. The van der Waals surface area contributed by atoms with Crippen LogP contribution in [-0.2, 0) is 6.61 Å². The Balaban J connectivity index is 1.82. The minimum Gasteiger partial charge on any atom is -0.488 e. The van der Waals surface area contributed by atoms with Gasteiger partial charge in [-0.05, 0) is 60.5 Å². The number of aliphatic imine (C=N–C) groups is 1. The van der Waals surface area contributed by atoms with E-state index in [1.54, 1.807) is 18.3 Å². The van der Waals surface area contributed by atoms with Crippen LogP contribution in [0.5, 0.6) is 5.75 Å². The lowest BCUT2D eigenvalue weighted by Gasteiger charge is -2.10. The van der Waals surface area contributed by atoms with Gasteiger partial charge in [-0.15, -0.1) is 0 Å². The zero-order valence-electron chi connectivity index (χ0n) is 14.0. The third-order valence-corrected chi connectivity index (χ3v) is 4.76. The molecule has 0 heterocycles. The molecule has 5 heteroatoms. The van der Waals surface area contributed by atoms with Gasteiger partial charge in [0, 0.05) is 21.3 Å². The lowest BCUT2D eigenvalue weighted by Crippen LogP contribution is -1.98. The molecule has 0 bridgehead atoms. The van der Waals surface area contributed by atoms with Gasteiger partial charge in [-0.1, -0.05) is 45.7 Å². The first-order valence-electron chi connectivity index (χ1n) is 7.99. The van der Waals surface area contributed by atoms with Crippen LogP contribution in [0, 0.1) is 12.7 Å². The second-order valence-electron chi connectivity index (χ2n) is 5.74. The zero-order valence-corrected chi connectivity index (χ0v) is 16.4. The van der Waals surface area contributed by atoms with Crippen molar-refractivity contribution in [1.82, 2.24) is 0 Å². The molecule has 3 aromatic carbocycles. The molecule has 0 N–H and O–H groups in total. The van der Waals surface area contributed by atoms with Crippen molar-refractivity contribution < 1.29 is 9.13 Å². The minimum absolute atomic E-state index is 0.262. The van der Waals surface area contributed by atoms with Gasteiger partial charge in [0.25, 0.3) is 0 Å². The number of benzene rings is 3. The molecule has 2 nitrogen and oxygen atoms in total. The maximum absolute atomic E-state index is 13.0. The Morgan fingerprint density at radius 3 is 2.65 bits per heavy atom. The van der Waals surface area contributed by atoms with Crippen LogP contribution in [-0.4, -0.2) is 6.21 Å². The average Bonchev–Trinajstić information content (AvgIpc) is 2.63. The largest absolute Gasteiger partial charge is 0.488 e. The predicted molar refractivity (Wildman–Crippen MR) is 108 cm³/mol. The normalized spacial score (nSPS) is 11.1. The molecular formula is C21H16BrClFNO. The topological polar surface area (TPSA) is 21.6 Å². The number of halogens is 3. The molecule has 0 unspecified atom stereocenters. The van der Waals surface area contributed by atoms with Crippen LogP contribution in [0.4, 0.5) is 10.1 Å².